The topological polar surface area (TPSA) is 34.0 Å². The highest BCUT2D eigenvalue weighted by Gasteiger charge is 2.13. The van der Waals surface area contributed by atoms with Gasteiger partial charge in [-0.2, -0.15) is 0 Å². The summed E-state index contributed by atoms with van der Waals surface area (Å²) in [5.74, 6) is -0.216. The van der Waals surface area contributed by atoms with Crippen molar-refractivity contribution < 1.29 is 4.79 Å². The summed E-state index contributed by atoms with van der Waals surface area (Å²) in [5.41, 5.74) is 1.94. The number of para-hydroxylation sites is 1. The Morgan fingerprint density at radius 3 is 2.36 bits per heavy atom. The van der Waals surface area contributed by atoms with Crippen LogP contribution in [0.25, 0.3) is 5.69 Å². The van der Waals surface area contributed by atoms with Gasteiger partial charge >= 0.3 is 0 Å². The minimum atomic E-state index is -0.216. The molecule has 0 bridgehead atoms. The second-order valence-corrected chi connectivity index (χ2v) is 5.52. The van der Waals surface area contributed by atoms with Crippen molar-refractivity contribution in [2.75, 3.05) is 5.32 Å². The highest BCUT2D eigenvalue weighted by molar-refractivity contribution is 6.32. The largest absolute Gasteiger partial charge is 0.321 e. The van der Waals surface area contributed by atoms with E-state index in [1.54, 1.807) is 53.2 Å². The quantitative estimate of drug-likeness (QED) is 0.717. The normalized spacial score (nSPS) is 10.5. The van der Waals surface area contributed by atoms with Gasteiger partial charge in [-0.3, -0.25) is 4.79 Å². The second-order valence-electron chi connectivity index (χ2n) is 4.68. The van der Waals surface area contributed by atoms with Gasteiger partial charge in [-0.25, -0.2) is 0 Å². The van der Waals surface area contributed by atoms with Crippen molar-refractivity contribution in [2.24, 2.45) is 0 Å². The molecule has 1 N–H and O–H groups in total. The van der Waals surface area contributed by atoms with Crippen LogP contribution >= 0.6 is 23.2 Å². The van der Waals surface area contributed by atoms with Crippen LogP contribution in [-0.2, 0) is 0 Å². The second kappa shape index (κ2) is 6.26. The van der Waals surface area contributed by atoms with E-state index in [2.05, 4.69) is 5.32 Å². The van der Waals surface area contributed by atoms with Crippen LogP contribution in [-0.4, -0.2) is 10.5 Å². The Labute approximate surface area is 138 Å². The molecule has 0 aliphatic rings. The van der Waals surface area contributed by atoms with Gasteiger partial charge in [-0.15, -0.1) is 0 Å². The van der Waals surface area contributed by atoms with Gasteiger partial charge in [-0.05, 0) is 48.5 Å². The standard InChI is InChI=1S/C17H12Cl2N2O/c18-12-7-9-13(10-8-12)20-17(22)16-6-3-11-21(16)15-5-2-1-4-14(15)19/h1-11H,(H,20,22). The molecule has 1 amide bonds. The molecular weight excluding hydrogens is 319 g/mol. The molecule has 0 aliphatic carbocycles. The monoisotopic (exact) mass is 330 g/mol. The number of hydrogen-bond acceptors (Lipinski definition) is 1. The Kier molecular flexibility index (Phi) is 4.18. The minimum Gasteiger partial charge on any atom is -0.321 e. The molecular formula is C17H12Cl2N2O. The van der Waals surface area contributed by atoms with Gasteiger partial charge in [-0.1, -0.05) is 35.3 Å². The van der Waals surface area contributed by atoms with Crippen molar-refractivity contribution in [1.82, 2.24) is 4.57 Å². The number of benzene rings is 2. The molecule has 5 heteroatoms. The van der Waals surface area contributed by atoms with Gasteiger partial charge in [0.25, 0.3) is 5.91 Å². The lowest BCUT2D eigenvalue weighted by molar-refractivity contribution is 0.102. The van der Waals surface area contributed by atoms with Crippen LogP contribution in [0, 0.1) is 0 Å². The minimum absolute atomic E-state index is 0.216. The third kappa shape index (κ3) is 3.01. The van der Waals surface area contributed by atoms with Gasteiger partial charge in [0.05, 0.1) is 10.7 Å². The first-order valence-corrected chi connectivity index (χ1v) is 7.40. The molecule has 0 unspecified atom stereocenters. The summed E-state index contributed by atoms with van der Waals surface area (Å²) in [6, 6.07) is 17.9. The lowest BCUT2D eigenvalue weighted by atomic mass is 10.3. The molecule has 22 heavy (non-hydrogen) atoms. The molecule has 0 spiro atoms. The Morgan fingerprint density at radius 1 is 0.909 bits per heavy atom. The van der Waals surface area contributed by atoms with Crippen LogP contribution in [0.3, 0.4) is 0 Å². The van der Waals surface area contributed by atoms with Crippen molar-refractivity contribution in [1.29, 1.82) is 0 Å². The van der Waals surface area contributed by atoms with E-state index in [-0.39, 0.29) is 5.91 Å². The van der Waals surface area contributed by atoms with E-state index in [4.69, 9.17) is 23.2 Å². The molecule has 1 heterocycles. The predicted molar refractivity (Wildman–Crippen MR) is 90.2 cm³/mol. The summed E-state index contributed by atoms with van der Waals surface area (Å²) in [7, 11) is 0. The third-order valence-corrected chi connectivity index (χ3v) is 3.77. The fourth-order valence-corrected chi connectivity index (χ4v) is 2.50. The molecule has 0 radical (unpaired) electrons. The van der Waals surface area contributed by atoms with Crippen molar-refractivity contribution in [3.63, 3.8) is 0 Å². The van der Waals surface area contributed by atoms with Crippen LogP contribution in [0.5, 0.6) is 0 Å². The van der Waals surface area contributed by atoms with Crippen LogP contribution in [0.2, 0.25) is 10.0 Å². The van der Waals surface area contributed by atoms with Crippen LogP contribution in [0.15, 0.2) is 66.9 Å². The van der Waals surface area contributed by atoms with Gasteiger partial charge < -0.3 is 9.88 Å². The van der Waals surface area contributed by atoms with Crippen molar-refractivity contribution in [3.8, 4) is 5.69 Å². The van der Waals surface area contributed by atoms with E-state index in [0.29, 0.717) is 21.4 Å². The Balaban J connectivity index is 1.90. The zero-order valence-electron chi connectivity index (χ0n) is 11.5. The molecule has 3 aromatic rings. The zero-order valence-corrected chi connectivity index (χ0v) is 13.0. The number of hydrogen-bond donors (Lipinski definition) is 1. The van der Waals surface area contributed by atoms with Crippen molar-refractivity contribution in [2.45, 2.75) is 0 Å². The van der Waals surface area contributed by atoms with E-state index >= 15 is 0 Å². The molecule has 0 saturated carbocycles. The number of carbonyl (C=O) groups is 1. The summed E-state index contributed by atoms with van der Waals surface area (Å²) in [6.45, 7) is 0. The Bertz CT molecular complexity index is 810. The molecule has 2 aromatic carbocycles. The highest BCUT2D eigenvalue weighted by Crippen LogP contribution is 2.22. The lowest BCUT2D eigenvalue weighted by Gasteiger charge is -2.11. The number of aromatic nitrogens is 1. The average molecular weight is 331 g/mol. The Hall–Kier alpha value is -2.23. The first-order chi connectivity index (χ1) is 10.6. The fourth-order valence-electron chi connectivity index (χ4n) is 2.15. The summed E-state index contributed by atoms with van der Waals surface area (Å²) in [6.07, 6.45) is 1.80. The number of nitrogens with zero attached hydrogens (tertiary/aromatic N) is 1. The number of halogens is 2. The van der Waals surface area contributed by atoms with Gasteiger partial charge in [0.2, 0.25) is 0 Å². The number of nitrogens with one attached hydrogen (secondary N) is 1. The van der Waals surface area contributed by atoms with Gasteiger partial charge in [0.15, 0.2) is 0 Å². The van der Waals surface area contributed by atoms with E-state index < -0.39 is 0 Å². The van der Waals surface area contributed by atoms with Gasteiger partial charge in [0, 0.05) is 16.9 Å². The molecule has 0 fully saturated rings. The maximum atomic E-state index is 12.5. The SMILES string of the molecule is O=C(Nc1ccc(Cl)cc1)c1cccn1-c1ccccc1Cl. The van der Waals surface area contributed by atoms with E-state index in [1.165, 1.54) is 0 Å². The Morgan fingerprint density at radius 2 is 1.64 bits per heavy atom. The molecule has 0 saturated heterocycles. The van der Waals surface area contributed by atoms with Crippen LogP contribution in [0.1, 0.15) is 10.5 Å². The molecule has 1 aromatic heterocycles. The number of amides is 1. The van der Waals surface area contributed by atoms with E-state index in [0.717, 1.165) is 5.69 Å². The highest BCUT2D eigenvalue weighted by atomic mass is 35.5. The predicted octanol–water partition coefficient (Wildman–Crippen LogP) is 5.04. The molecule has 0 atom stereocenters. The number of rotatable bonds is 3. The van der Waals surface area contributed by atoms with Crippen LogP contribution in [0.4, 0.5) is 5.69 Å². The number of anilines is 1. The average Bonchev–Trinajstić information content (AvgIpc) is 2.99. The van der Waals surface area contributed by atoms with Crippen molar-refractivity contribution >= 4 is 34.8 Å². The summed E-state index contributed by atoms with van der Waals surface area (Å²) >= 11 is 12.0. The third-order valence-electron chi connectivity index (χ3n) is 3.20. The molecule has 0 aliphatic heterocycles. The van der Waals surface area contributed by atoms with Crippen molar-refractivity contribution in [3.05, 3.63) is 82.6 Å². The van der Waals surface area contributed by atoms with Crippen LogP contribution < -0.4 is 5.32 Å². The smallest absolute Gasteiger partial charge is 0.272 e. The summed E-state index contributed by atoms with van der Waals surface area (Å²) in [5, 5.41) is 4.04. The molecule has 110 valence electrons. The van der Waals surface area contributed by atoms with E-state index in [9.17, 15) is 4.79 Å². The number of carbonyl (C=O) groups excluding carboxylic acids is 1. The first kappa shape index (κ1) is 14.7. The fraction of sp³-hybridized carbons (Fsp3) is 0. The first-order valence-electron chi connectivity index (χ1n) is 6.64. The molecule has 3 nitrogen and oxygen atoms in total. The summed E-state index contributed by atoms with van der Waals surface area (Å²) < 4.78 is 1.76. The van der Waals surface area contributed by atoms with Gasteiger partial charge in [0.1, 0.15) is 5.69 Å². The molecule has 3 rings (SSSR count). The maximum absolute atomic E-state index is 12.5. The van der Waals surface area contributed by atoms with E-state index in [1.807, 2.05) is 18.2 Å². The maximum Gasteiger partial charge on any atom is 0.272 e. The zero-order chi connectivity index (χ0) is 15.5. The lowest BCUT2D eigenvalue weighted by Crippen LogP contribution is -2.16. The summed E-state index contributed by atoms with van der Waals surface area (Å²) in [4.78, 5) is 12.5.